The molecule has 0 bridgehead atoms. The van der Waals surface area contributed by atoms with Crippen LogP contribution in [0, 0.1) is 0 Å². The number of nitrogens with one attached hydrogen (secondary N) is 2. The van der Waals surface area contributed by atoms with E-state index >= 15 is 0 Å². The summed E-state index contributed by atoms with van der Waals surface area (Å²) in [5, 5.41) is 17.1. The van der Waals surface area contributed by atoms with Crippen LogP contribution in [-0.2, 0) is 6.42 Å². The van der Waals surface area contributed by atoms with Gasteiger partial charge in [0.15, 0.2) is 0 Å². The highest BCUT2D eigenvalue weighted by molar-refractivity contribution is 7.09. The van der Waals surface area contributed by atoms with E-state index in [0.717, 1.165) is 12.0 Å². The average Bonchev–Trinajstić information content (AvgIpc) is 2.92. The number of benzene rings is 1. The molecule has 0 aliphatic heterocycles. The molecule has 0 radical (unpaired) electrons. The van der Waals surface area contributed by atoms with Gasteiger partial charge in [-0.25, -0.2) is 4.79 Å². The number of hydrogen-bond acceptors (Lipinski definition) is 3. The molecule has 106 valence electrons. The van der Waals surface area contributed by atoms with Gasteiger partial charge in [0.2, 0.25) is 0 Å². The van der Waals surface area contributed by atoms with Crippen molar-refractivity contribution in [2.24, 2.45) is 0 Å². The SMILES string of the molecule is CC(O)c1cccc(NC(=O)NCCc2cccs2)c1. The zero-order valence-corrected chi connectivity index (χ0v) is 12.1. The highest BCUT2D eigenvalue weighted by Crippen LogP contribution is 2.16. The molecule has 1 aromatic carbocycles. The maximum atomic E-state index is 11.7. The first-order valence-corrected chi connectivity index (χ1v) is 7.38. The first kappa shape index (κ1) is 14.6. The van der Waals surface area contributed by atoms with Crippen LogP contribution in [0.1, 0.15) is 23.5 Å². The van der Waals surface area contributed by atoms with E-state index in [1.165, 1.54) is 4.88 Å². The molecule has 0 aliphatic carbocycles. The molecule has 5 heteroatoms. The fourth-order valence-corrected chi connectivity index (χ4v) is 2.51. The maximum Gasteiger partial charge on any atom is 0.319 e. The van der Waals surface area contributed by atoms with Gasteiger partial charge in [0.05, 0.1) is 6.10 Å². The fourth-order valence-electron chi connectivity index (χ4n) is 1.81. The Morgan fingerprint density at radius 2 is 2.20 bits per heavy atom. The fraction of sp³-hybridized carbons (Fsp3) is 0.267. The molecule has 2 aromatic rings. The molecule has 0 saturated carbocycles. The van der Waals surface area contributed by atoms with Gasteiger partial charge in [-0.05, 0) is 42.5 Å². The van der Waals surface area contributed by atoms with E-state index < -0.39 is 6.10 Å². The van der Waals surface area contributed by atoms with Gasteiger partial charge in [0, 0.05) is 17.1 Å². The number of amides is 2. The molecule has 20 heavy (non-hydrogen) atoms. The van der Waals surface area contributed by atoms with Crippen LogP contribution in [0.2, 0.25) is 0 Å². The van der Waals surface area contributed by atoms with Gasteiger partial charge in [-0.1, -0.05) is 18.2 Å². The van der Waals surface area contributed by atoms with Crippen LogP contribution in [0.4, 0.5) is 10.5 Å². The molecular formula is C15H18N2O2S. The number of aliphatic hydroxyl groups excluding tert-OH is 1. The summed E-state index contributed by atoms with van der Waals surface area (Å²) in [7, 11) is 0. The Balaban J connectivity index is 1.80. The van der Waals surface area contributed by atoms with E-state index in [4.69, 9.17) is 0 Å². The zero-order valence-electron chi connectivity index (χ0n) is 11.3. The first-order chi connectivity index (χ1) is 9.65. The van der Waals surface area contributed by atoms with E-state index in [2.05, 4.69) is 16.7 Å². The normalized spacial score (nSPS) is 11.9. The van der Waals surface area contributed by atoms with Gasteiger partial charge in [-0.15, -0.1) is 11.3 Å². The maximum absolute atomic E-state index is 11.7. The van der Waals surface area contributed by atoms with Crippen molar-refractivity contribution >= 4 is 23.1 Å². The number of aliphatic hydroxyl groups is 1. The smallest absolute Gasteiger partial charge is 0.319 e. The molecule has 4 nitrogen and oxygen atoms in total. The third-order valence-corrected chi connectivity index (χ3v) is 3.80. The monoisotopic (exact) mass is 290 g/mol. The van der Waals surface area contributed by atoms with Gasteiger partial charge < -0.3 is 15.7 Å². The Hall–Kier alpha value is -1.85. The molecule has 0 spiro atoms. The summed E-state index contributed by atoms with van der Waals surface area (Å²) in [6.45, 7) is 2.29. The quantitative estimate of drug-likeness (QED) is 0.792. The van der Waals surface area contributed by atoms with Crippen LogP contribution in [-0.4, -0.2) is 17.7 Å². The predicted molar refractivity (Wildman–Crippen MR) is 82.1 cm³/mol. The van der Waals surface area contributed by atoms with E-state index in [9.17, 15) is 9.90 Å². The minimum Gasteiger partial charge on any atom is -0.389 e. The Morgan fingerprint density at radius 1 is 1.35 bits per heavy atom. The lowest BCUT2D eigenvalue weighted by molar-refractivity contribution is 0.199. The highest BCUT2D eigenvalue weighted by Gasteiger charge is 2.04. The van der Waals surface area contributed by atoms with E-state index in [1.54, 1.807) is 30.4 Å². The largest absolute Gasteiger partial charge is 0.389 e. The standard InChI is InChI=1S/C15H18N2O2S/c1-11(18)12-4-2-5-13(10-12)17-15(19)16-8-7-14-6-3-9-20-14/h2-6,9-11,18H,7-8H2,1H3,(H2,16,17,19). The van der Waals surface area contributed by atoms with Crippen LogP contribution in [0.15, 0.2) is 41.8 Å². The van der Waals surface area contributed by atoms with E-state index in [-0.39, 0.29) is 6.03 Å². The number of rotatable bonds is 5. The predicted octanol–water partition coefficient (Wildman–Crippen LogP) is 3.17. The molecule has 1 atom stereocenters. The number of anilines is 1. The summed E-state index contributed by atoms with van der Waals surface area (Å²) >= 11 is 1.68. The minimum atomic E-state index is -0.543. The second-order valence-electron chi connectivity index (χ2n) is 4.51. The van der Waals surface area contributed by atoms with Crippen LogP contribution >= 0.6 is 11.3 Å². The average molecular weight is 290 g/mol. The van der Waals surface area contributed by atoms with Gasteiger partial charge in [-0.2, -0.15) is 0 Å². The van der Waals surface area contributed by atoms with Crippen molar-refractivity contribution in [2.45, 2.75) is 19.4 Å². The molecule has 0 fully saturated rings. The van der Waals surface area contributed by atoms with E-state index in [1.807, 2.05) is 23.6 Å². The van der Waals surface area contributed by atoms with Gasteiger partial charge in [0.25, 0.3) is 0 Å². The molecule has 1 heterocycles. The minimum absolute atomic E-state index is 0.232. The first-order valence-electron chi connectivity index (χ1n) is 6.50. The number of urea groups is 1. The summed E-state index contributed by atoms with van der Waals surface area (Å²) in [5.41, 5.74) is 1.46. The number of thiophene rings is 1. The van der Waals surface area contributed by atoms with Crippen molar-refractivity contribution in [2.75, 3.05) is 11.9 Å². The number of carbonyl (C=O) groups is 1. The Kier molecular flexibility index (Phi) is 5.15. The summed E-state index contributed by atoms with van der Waals surface area (Å²) in [6, 6.07) is 11.0. The molecule has 1 aromatic heterocycles. The number of carbonyl (C=O) groups excluding carboxylic acids is 1. The lowest BCUT2D eigenvalue weighted by atomic mass is 10.1. The Labute approximate surface area is 122 Å². The Bertz CT molecular complexity index is 553. The highest BCUT2D eigenvalue weighted by atomic mass is 32.1. The van der Waals surface area contributed by atoms with Crippen molar-refractivity contribution in [3.05, 3.63) is 52.2 Å². The third kappa shape index (κ3) is 4.36. The van der Waals surface area contributed by atoms with E-state index in [0.29, 0.717) is 12.2 Å². The Morgan fingerprint density at radius 3 is 2.90 bits per heavy atom. The summed E-state index contributed by atoms with van der Waals surface area (Å²) in [5.74, 6) is 0. The molecule has 3 N–H and O–H groups in total. The van der Waals surface area contributed by atoms with Crippen molar-refractivity contribution in [1.29, 1.82) is 0 Å². The van der Waals surface area contributed by atoms with Crippen LogP contribution in [0.3, 0.4) is 0 Å². The van der Waals surface area contributed by atoms with Gasteiger partial charge in [0.1, 0.15) is 0 Å². The summed E-state index contributed by atoms with van der Waals surface area (Å²) in [6.07, 6.45) is 0.289. The second kappa shape index (κ2) is 7.07. The van der Waals surface area contributed by atoms with Crippen molar-refractivity contribution in [3.8, 4) is 0 Å². The molecule has 0 saturated heterocycles. The summed E-state index contributed by atoms with van der Waals surface area (Å²) < 4.78 is 0. The molecule has 2 rings (SSSR count). The topological polar surface area (TPSA) is 61.4 Å². The molecular weight excluding hydrogens is 272 g/mol. The van der Waals surface area contributed by atoms with Crippen molar-refractivity contribution in [1.82, 2.24) is 5.32 Å². The summed E-state index contributed by atoms with van der Waals surface area (Å²) in [4.78, 5) is 13.0. The molecule has 1 unspecified atom stereocenters. The zero-order chi connectivity index (χ0) is 14.4. The molecule has 0 aliphatic rings. The molecule has 2 amide bonds. The van der Waals surface area contributed by atoms with Gasteiger partial charge >= 0.3 is 6.03 Å². The van der Waals surface area contributed by atoms with Crippen LogP contribution in [0.5, 0.6) is 0 Å². The second-order valence-corrected chi connectivity index (χ2v) is 5.54. The van der Waals surface area contributed by atoms with Crippen LogP contribution < -0.4 is 10.6 Å². The van der Waals surface area contributed by atoms with Crippen LogP contribution in [0.25, 0.3) is 0 Å². The van der Waals surface area contributed by atoms with Crippen molar-refractivity contribution in [3.63, 3.8) is 0 Å². The van der Waals surface area contributed by atoms with Gasteiger partial charge in [-0.3, -0.25) is 0 Å². The third-order valence-electron chi connectivity index (χ3n) is 2.86. The lowest BCUT2D eigenvalue weighted by Crippen LogP contribution is -2.30. The number of hydrogen-bond donors (Lipinski definition) is 3. The lowest BCUT2D eigenvalue weighted by Gasteiger charge is -2.10. The van der Waals surface area contributed by atoms with Crippen molar-refractivity contribution < 1.29 is 9.90 Å².